The third-order valence-corrected chi connectivity index (χ3v) is 8.40. The molecule has 9 rings (SSSR count). The second-order valence-corrected chi connectivity index (χ2v) is 10.8. The summed E-state index contributed by atoms with van der Waals surface area (Å²) in [6.45, 7) is 3.99. The van der Waals surface area contributed by atoms with E-state index >= 15 is 0 Å². The van der Waals surface area contributed by atoms with Crippen LogP contribution in [0, 0.1) is 0 Å². The highest BCUT2D eigenvalue weighted by atomic mass is 15.2. The largest absolute Gasteiger partial charge is 0.307 e. The molecule has 0 unspecified atom stereocenters. The lowest BCUT2D eigenvalue weighted by atomic mass is 10.1. The number of para-hydroxylation sites is 2. The molecule has 218 valence electrons. The van der Waals surface area contributed by atoms with Crippen molar-refractivity contribution in [3.8, 4) is 17.1 Å². The summed E-state index contributed by atoms with van der Waals surface area (Å²) in [6, 6.07) is 23.1. The summed E-state index contributed by atoms with van der Waals surface area (Å²) in [7, 11) is 1.73. The fourth-order valence-electron chi connectivity index (χ4n) is 6.61. The van der Waals surface area contributed by atoms with Crippen molar-refractivity contribution >= 4 is 73.7 Å². The van der Waals surface area contributed by atoms with Crippen molar-refractivity contribution in [2.45, 2.75) is 0 Å². The highest BCUT2D eigenvalue weighted by Crippen LogP contribution is 2.42. The van der Waals surface area contributed by atoms with Crippen molar-refractivity contribution in [1.82, 2.24) is 43.6 Å². The highest BCUT2D eigenvalue weighted by Gasteiger charge is 2.25. The monoisotopic (exact) mass is 597 g/mol. The molecule has 0 saturated carbocycles. The maximum atomic E-state index is 4.77. The molecule has 0 N–H and O–H groups in total. The second kappa shape index (κ2) is 9.96. The Hall–Kier alpha value is -6.62. The third kappa shape index (κ3) is 3.53. The topological polar surface area (TPSA) is 117 Å². The summed E-state index contributed by atoms with van der Waals surface area (Å²) in [6.07, 6.45) is 11.8. The minimum Gasteiger partial charge on any atom is -0.307 e. The summed E-state index contributed by atoms with van der Waals surface area (Å²) in [4.78, 5) is 36.0. The predicted octanol–water partition coefficient (Wildman–Crippen LogP) is 6.58. The smallest absolute Gasteiger partial charge is 0.150 e. The molecule has 9 aromatic rings. The maximum Gasteiger partial charge on any atom is 0.150 e. The van der Waals surface area contributed by atoms with Gasteiger partial charge in [-0.15, -0.1) is 0 Å². The van der Waals surface area contributed by atoms with Crippen LogP contribution in [0.15, 0.2) is 114 Å². The molecule has 0 radical (unpaired) electrons. The first-order valence-electron chi connectivity index (χ1n) is 14.5. The lowest BCUT2D eigenvalue weighted by molar-refractivity contribution is 1.04. The van der Waals surface area contributed by atoms with E-state index in [1.165, 1.54) is 0 Å². The number of aliphatic imine (C=N–C) groups is 2. The van der Waals surface area contributed by atoms with Crippen LogP contribution in [-0.4, -0.2) is 63.6 Å². The number of benzene rings is 3. The summed E-state index contributed by atoms with van der Waals surface area (Å²) in [5.41, 5.74) is 7.67. The van der Waals surface area contributed by atoms with Crippen LogP contribution in [0.25, 0.3) is 72.0 Å². The quantitative estimate of drug-likeness (QED) is 0.207. The Bertz CT molecular complexity index is 2630. The van der Waals surface area contributed by atoms with Gasteiger partial charge >= 0.3 is 0 Å². The zero-order chi connectivity index (χ0) is 30.8. The Kier molecular flexibility index (Phi) is 5.59. The van der Waals surface area contributed by atoms with E-state index < -0.39 is 0 Å². The van der Waals surface area contributed by atoms with E-state index in [-0.39, 0.29) is 0 Å². The Balaban J connectivity index is 1.53. The lowest BCUT2D eigenvalue weighted by Gasteiger charge is -2.16. The second-order valence-electron chi connectivity index (χ2n) is 10.8. The van der Waals surface area contributed by atoms with Crippen LogP contribution in [0.1, 0.15) is 5.56 Å². The van der Waals surface area contributed by atoms with Gasteiger partial charge < -0.3 is 4.57 Å². The molecule has 11 heteroatoms. The summed E-state index contributed by atoms with van der Waals surface area (Å²) in [5, 5.41) is 4.65. The fraction of sp³-hybridized carbons (Fsp3) is 0.0286. The summed E-state index contributed by atoms with van der Waals surface area (Å²) in [5.74, 6) is 0.608. The van der Waals surface area contributed by atoms with Crippen molar-refractivity contribution in [3.05, 3.63) is 110 Å². The number of aromatic nitrogens is 9. The standard InChI is InChI=1S/C35H23N11/c1-36-14-25-26-15-38-20-43-35(26)46(32(25)37-2)30-13-22(45-33-27(16-39-18-41-33)28-17-40-19-42-34(28)45)12-24-23-10-6-7-11-29(23)44(31(24)30)21-8-4-3-5-9-21/h3-20H,2H2,1H3/b36-14-. The van der Waals surface area contributed by atoms with Crippen molar-refractivity contribution < 1.29 is 0 Å². The molecular weight excluding hydrogens is 574 g/mol. The third-order valence-electron chi connectivity index (χ3n) is 8.40. The Morgan fingerprint density at radius 3 is 1.93 bits per heavy atom. The van der Waals surface area contributed by atoms with Gasteiger partial charge in [0.1, 0.15) is 41.7 Å². The maximum absolute atomic E-state index is 4.77. The molecule has 46 heavy (non-hydrogen) atoms. The van der Waals surface area contributed by atoms with Gasteiger partial charge in [-0.25, -0.2) is 34.9 Å². The highest BCUT2D eigenvalue weighted by molar-refractivity contribution is 6.15. The van der Waals surface area contributed by atoms with E-state index in [2.05, 4.69) is 89.3 Å². The lowest BCUT2D eigenvalue weighted by Crippen LogP contribution is -2.04. The van der Waals surface area contributed by atoms with Gasteiger partial charge in [-0.2, -0.15) is 0 Å². The molecule has 3 aromatic carbocycles. The first kappa shape index (κ1) is 25.8. The Morgan fingerprint density at radius 2 is 1.26 bits per heavy atom. The van der Waals surface area contributed by atoms with Crippen LogP contribution in [0.2, 0.25) is 0 Å². The van der Waals surface area contributed by atoms with Gasteiger partial charge in [0.05, 0.1) is 22.4 Å². The van der Waals surface area contributed by atoms with Crippen LogP contribution in [0.4, 0.5) is 5.82 Å². The van der Waals surface area contributed by atoms with Crippen LogP contribution in [0.3, 0.4) is 0 Å². The normalized spacial score (nSPS) is 12.0. The molecule has 0 amide bonds. The number of hydrogen-bond acceptors (Lipinski definition) is 8. The molecule has 0 saturated heterocycles. The Labute approximate surface area is 260 Å². The molecule has 0 fully saturated rings. The van der Waals surface area contributed by atoms with E-state index in [0.717, 1.165) is 71.9 Å². The van der Waals surface area contributed by atoms with E-state index in [0.29, 0.717) is 11.5 Å². The molecule has 0 spiro atoms. The number of nitrogens with zero attached hydrogens (tertiary/aromatic N) is 11. The number of rotatable bonds is 5. The predicted molar refractivity (Wildman–Crippen MR) is 181 cm³/mol. The zero-order valence-electron chi connectivity index (χ0n) is 24.5. The zero-order valence-corrected chi connectivity index (χ0v) is 24.5. The molecule has 0 aliphatic rings. The van der Waals surface area contributed by atoms with Gasteiger partial charge in [0.25, 0.3) is 0 Å². The first-order chi connectivity index (χ1) is 22.8. The van der Waals surface area contributed by atoms with Gasteiger partial charge in [-0.05, 0) is 37.0 Å². The molecule has 0 atom stereocenters. The Morgan fingerprint density at radius 1 is 0.630 bits per heavy atom. The van der Waals surface area contributed by atoms with Crippen LogP contribution >= 0.6 is 0 Å². The minimum absolute atomic E-state index is 0.608. The molecule has 0 aliphatic carbocycles. The van der Waals surface area contributed by atoms with Gasteiger partial charge in [-0.1, -0.05) is 36.4 Å². The molecule has 0 bridgehead atoms. The van der Waals surface area contributed by atoms with E-state index in [1.54, 1.807) is 50.8 Å². The number of fused-ring (bicyclic) bond motifs is 7. The minimum atomic E-state index is 0.608. The van der Waals surface area contributed by atoms with E-state index in [1.807, 2.05) is 22.8 Å². The molecular formula is C35H23N11. The van der Waals surface area contributed by atoms with Gasteiger partial charge in [-0.3, -0.25) is 14.1 Å². The summed E-state index contributed by atoms with van der Waals surface area (Å²) >= 11 is 0. The molecule has 11 nitrogen and oxygen atoms in total. The molecule has 6 aromatic heterocycles. The van der Waals surface area contributed by atoms with E-state index in [9.17, 15) is 0 Å². The molecule has 6 heterocycles. The van der Waals surface area contributed by atoms with Gasteiger partial charge in [0.15, 0.2) is 0 Å². The van der Waals surface area contributed by atoms with E-state index in [4.69, 9.17) is 15.0 Å². The van der Waals surface area contributed by atoms with Crippen LogP contribution in [-0.2, 0) is 0 Å². The van der Waals surface area contributed by atoms with Crippen molar-refractivity contribution in [3.63, 3.8) is 0 Å². The first-order valence-corrected chi connectivity index (χ1v) is 14.5. The van der Waals surface area contributed by atoms with Crippen molar-refractivity contribution in [1.29, 1.82) is 0 Å². The van der Waals surface area contributed by atoms with Crippen molar-refractivity contribution in [2.24, 2.45) is 9.98 Å². The van der Waals surface area contributed by atoms with Gasteiger partial charge in [0, 0.05) is 70.0 Å². The SMILES string of the molecule is C=Nc1c(/C=N\C)c2cncnc2n1-c1cc(-n2c3ncncc3c3cncnc32)cc2c3ccccc3n(-c3ccccc3)c12. The van der Waals surface area contributed by atoms with Crippen molar-refractivity contribution in [2.75, 3.05) is 7.05 Å². The van der Waals surface area contributed by atoms with Crippen LogP contribution in [0.5, 0.6) is 0 Å². The van der Waals surface area contributed by atoms with Crippen LogP contribution < -0.4 is 0 Å². The van der Waals surface area contributed by atoms with Gasteiger partial charge in [0.2, 0.25) is 0 Å². The number of hydrogen-bond donors (Lipinski definition) is 0. The summed E-state index contributed by atoms with van der Waals surface area (Å²) < 4.78 is 6.39. The molecule has 0 aliphatic heterocycles. The average Bonchev–Trinajstić information content (AvgIpc) is 3.74. The fourth-order valence-corrected chi connectivity index (χ4v) is 6.61. The average molecular weight is 598 g/mol.